The normalized spacial score (nSPS) is 10.9. The van der Waals surface area contributed by atoms with Gasteiger partial charge in [-0.1, -0.05) is 6.07 Å². The summed E-state index contributed by atoms with van der Waals surface area (Å²) in [4.78, 5) is 8.39. The van der Waals surface area contributed by atoms with Crippen molar-refractivity contribution in [3.63, 3.8) is 0 Å². The van der Waals surface area contributed by atoms with Crippen molar-refractivity contribution in [2.24, 2.45) is 4.99 Å². The summed E-state index contributed by atoms with van der Waals surface area (Å²) in [5, 5.41) is 6.43. The molecule has 1 heterocycles. The van der Waals surface area contributed by atoms with Gasteiger partial charge in [0.05, 0.1) is 21.3 Å². The Labute approximate surface area is 141 Å². The van der Waals surface area contributed by atoms with Crippen LogP contribution in [-0.2, 0) is 6.54 Å². The van der Waals surface area contributed by atoms with E-state index in [-0.39, 0.29) is 0 Å². The lowest BCUT2D eigenvalue weighted by atomic mass is 10.2. The lowest BCUT2D eigenvalue weighted by molar-refractivity contribution is 0.355. The summed E-state index contributed by atoms with van der Waals surface area (Å²) < 4.78 is 15.8. The van der Waals surface area contributed by atoms with E-state index in [4.69, 9.17) is 14.2 Å². The van der Waals surface area contributed by atoms with Crippen LogP contribution in [0.4, 0.5) is 5.69 Å². The minimum Gasteiger partial charge on any atom is -0.493 e. The second-order valence-electron chi connectivity index (χ2n) is 4.79. The number of nitrogens with one attached hydrogen (secondary N) is 2. The fourth-order valence-corrected chi connectivity index (χ4v) is 2.15. The molecule has 1 aromatic carbocycles. The van der Waals surface area contributed by atoms with Gasteiger partial charge in [-0.3, -0.25) is 4.99 Å². The average molecular weight is 330 g/mol. The SMILES string of the molecule is CN=C(NCc1cccnc1OC)Nc1ccc(OC)c(OC)c1. The second kappa shape index (κ2) is 8.61. The first kappa shape index (κ1) is 17.4. The predicted molar refractivity (Wildman–Crippen MR) is 94.2 cm³/mol. The molecule has 2 rings (SSSR count). The Morgan fingerprint density at radius 3 is 2.54 bits per heavy atom. The molecule has 7 nitrogen and oxygen atoms in total. The second-order valence-corrected chi connectivity index (χ2v) is 4.79. The third-order valence-electron chi connectivity index (χ3n) is 3.36. The Morgan fingerprint density at radius 2 is 1.88 bits per heavy atom. The molecule has 0 aliphatic carbocycles. The minimum atomic E-state index is 0.532. The largest absolute Gasteiger partial charge is 0.493 e. The number of methoxy groups -OCH3 is 3. The maximum Gasteiger partial charge on any atom is 0.218 e. The fraction of sp³-hybridized carbons (Fsp3) is 0.294. The van der Waals surface area contributed by atoms with E-state index in [9.17, 15) is 0 Å². The molecule has 1 aromatic heterocycles. The monoisotopic (exact) mass is 330 g/mol. The Bertz CT molecular complexity index is 704. The Morgan fingerprint density at radius 1 is 1.08 bits per heavy atom. The van der Waals surface area contributed by atoms with Gasteiger partial charge in [-0.25, -0.2) is 4.98 Å². The highest BCUT2D eigenvalue weighted by molar-refractivity contribution is 5.93. The van der Waals surface area contributed by atoms with Crippen molar-refractivity contribution >= 4 is 11.6 Å². The quantitative estimate of drug-likeness (QED) is 0.625. The van der Waals surface area contributed by atoms with Crippen LogP contribution in [0.15, 0.2) is 41.5 Å². The van der Waals surface area contributed by atoms with Crippen LogP contribution >= 0.6 is 0 Å². The van der Waals surface area contributed by atoms with Crippen LogP contribution in [0.3, 0.4) is 0 Å². The van der Waals surface area contributed by atoms with Crippen LogP contribution in [0, 0.1) is 0 Å². The molecule has 2 aromatic rings. The molecular formula is C17H22N4O3. The van der Waals surface area contributed by atoms with Crippen molar-refractivity contribution in [1.29, 1.82) is 0 Å². The number of hydrogen-bond donors (Lipinski definition) is 2. The zero-order valence-electron chi connectivity index (χ0n) is 14.3. The number of benzene rings is 1. The first-order chi connectivity index (χ1) is 11.7. The highest BCUT2D eigenvalue weighted by Gasteiger charge is 2.08. The van der Waals surface area contributed by atoms with Crippen LogP contribution in [0.25, 0.3) is 0 Å². The zero-order valence-corrected chi connectivity index (χ0v) is 14.3. The van der Waals surface area contributed by atoms with E-state index in [0.717, 1.165) is 11.3 Å². The van der Waals surface area contributed by atoms with Crippen LogP contribution < -0.4 is 24.8 Å². The number of anilines is 1. The van der Waals surface area contributed by atoms with Crippen LogP contribution in [0.1, 0.15) is 5.56 Å². The molecule has 7 heteroatoms. The Kier molecular flexibility index (Phi) is 6.24. The lowest BCUT2D eigenvalue weighted by Crippen LogP contribution is -2.30. The van der Waals surface area contributed by atoms with E-state index < -0.39 is 0 Å². The predicted octanol–water partition coefficient (Wildman–Crippen LogP) is 2.29. The molecule has 0 atom stereocenters. The summed E-state index contributed by atoms with van der Waals surface area (Å²) in [6.07, 6.45) is 1.69. The van der Waals surface area contributed by atoms with E-state index >= 15 is 0 Å². The summed E-state index contributed by atoms with van der Waals surface area (Å²) in [5.41, 5.74) is 1.77. The molecule has 0 unspecified atom stereocenters. The van der Waals surface area contributed by atoms with Crippen LogP contribution in [0.2, 0.25) is 0 Å². The summed E-state index contributed by atoms with van der Waals surface area (Å²) in [5.74, 6) is 2.53. The number of guanidine groups is 1. The maximum absolute atomic E-state index is 5.30. The molecule has 0 amide bonds. The molecule has 0 radical (unpaired) electrons. The van der Waals surface area contributed by atoms with Gasteiger partial charge >= 0.3 is 0 Å². The summed E-state index contributed by atoms with van der Waals surface area (Å²) in [7, 11) is 6.51. The standard InChI is InChI=1S/C17H22N4O3/c1-18-17(20-11-12-6-5-9-19-16(12)24-4)21-13-7-8-14(22-2)15(10-13)23-3/h5-10H,11H2,1-4H3,(H2,18,20,21). The third kappa shape index (κ3) is 4.28. The number of hydrogen-bond acceptors (Lipinski definition) is 5. The molecule has 128 valence electrons. The molecule has 0 saturated carbocycles. The van der Waals surface area contributed by atoms with Gasteiger partial charge in [0.25, 0.3) is 0 Å². The van der Waals surface area contributed by atoms with Gasteiger partial charge in [0.15, 0.2) is 17.5 Å². The summed E-state index contributed by atoms with van der Waals surface area (Å²) in [6.45, 7) is 0.532. The van der Waals surface area contributed by atoms with Crippen molar-refractivity contribution in [3.05, 3.63) is 42.1 Å². The number of pyridine rings is 1. The summed E-state index contributed by atoms with van der Waals surface area (Å²) in [6, 6.07) is 9.38. The van der Waals surface area contributed by atoms with Gasteiger partial charge in [-0.05, 0) is 18.2 Å². The van der Waals surface area contributed by atoms with E-state index in [1.807, 2.05) is 30.3 Å². The van der Waals surface area contributed by atoms with Gasteiger partial charge < -0.3 is 24.8 Å². The van der Waals surface area contributed by atoms with Crippen LogP contribution in [0.5, 0.6) is 17.4 Å². The molecule has 0 fully saturated rings. The number of rotatable bonds is 6. The molecule has 0 spiro atoms. The van der Waals surface area contributed by atoms with Crippen molar-refractivity contribution in [1.82, 2.24) is 10.3 Å². The van der Waals surface area contributed by atoms with E-state index in [0.29, 0.717) is 29.9 Å². The smallest absolute Gasteiger partial charge is 0.218 e. The van der Waals surface area contributed by atoms with Gasteiger partial charge in [0.1, 0.15) is 0 Å². The Balaban J connectivity index is 2.05. The van der Waals surface area contributed by atoms with E-state index in [2.05, 4.69) is 20.6 Å². The number of ether oxygens (including phenoxy) is 3. The highest BCUT2D eigenvalue weighted by atomic mass is 16.5. The van der Waals surface area contributed by atoms with E-state index in [1.54, 1.807) is 34.6 Å². The average Bonchev–Trinajstić information content (AvgIpc) is 2.65. The number of nitrogens with zero attached hydrogens (tertiary/aromatic N) is 2. The van der Waals surface area contributed by atoms with Crippen molar-refractivity contribution in [2.75, 3.05) is 33.7 Å². The van der Waals surface area contributed by atoms with E-state index in [1.165, 1.54) is 0 Å². The minimum absolute atomic E-state index is 0.532. The summed E-state index contributed by atoms with van der Waals surface area (Å²) >= 11 is 0. The zero-order chi connectivity index (χ0) is 17.4. The number of aliphatic imine (C=N–C) groups is 1. The first-order valence-corrected chi connectivity index (χ1v) is 7.39. The highest BCUT2D eigenvalue weighted by Crippen LogP contribution is 2.29. The van der Waals surface area contributed by atoms with Crippen LogP contribution in [-0.4, -0.2) is 39.3 Å². The van der Waals surface area contributed by atoms with Crippen molar-refractivity contribution in [2.45, 2.75) is 6.54 Å². The molecule has 24 heavy (non-hydrogen) atoms. The fourth-order valence-electron chi connectivity index (χ4n) is 2.15. The third-order valence-corrected chi connectivity index (χ3v) is 3.36. The molecule has 0 aliphatic heterocycles. The molecule has 0 saturated heterocycles. The van der Waals surface area contributed by atoms with Crippen molar-refractivity contribution < 1.29 is 14.2 Å². The topological polar surface area (TPSA) is 77.0 Å². The maximum atomic E-state index is 5.30. The Hall–Kier alpha value is -2.96. The first-order valence-electron chi connectivity index (χ1n) is 7.39. The van der Waals surface area contributed by atoms with Crippen molar-refractivity contribution in [3.8, 4) is 17.4 Å². The molecule has 0 bridgehead atoms. The lowest BCUT2D eigenvalue weighted by Gasteiger charge is -2.14. The molecule has 0 aliphatic rings. The van der Waals surface area contributed by atoms with Gasteiger partial charge in [0.2, 0.25) is 5.88 Å². The number of aromatic nitrogens is 1. The molecule has 2 N–H and O–H groups in total. The van der Waals surface area contributed by atoms with Gasteiger partial charge in [0, 0.05) is 37.1 Å². The van der Waals surface area contributed by atoms with Gasteiger partial charge in [-0.2, -0.15) is 0 Å². The molecular weight excluding hydrogens is 308 g/mol. The van der Waals surface area contributed by atoms with Gasteiger partial charge in [-0.15, -0.1) is 0 Å².